The van der Waals surface area contributed by atoms with Crippen molar-refractivity contribution in [3.8, 4) is 0 Å². The van der Waals surface area contributed by atoms with Gasteiger partial charge < -0.3 is 4.90 Å². The number of hydrogen-bond acceptors (Lipinski definition) is 3. The number of rotatable bonds is 3. The molecule has 1 saturated heterocycles. The monoisotopic (exact) mass is 275 g/mol. The van der Waals surface area contributed by atoms with Crippen LogP contribution in [0.2, 0.25) is 0 Å². The van der Waals surface area contributed by atoms with Gasteiger partial charge in [-0.2, -0.15) is 0 Å². The molecular formula is C14H17N3O3. The Morgan fingerprint density at radius 2 is 1.85 bits per heavy atom. The molecule has 0 aromatic heterocycles. The summed E-state index contributed by atoms with van der Waals surface area (Å²) in [6, 6.07) is 8.58. The predicted molar refractivity (Wildman–Crippen MR) is 72.5 cm³/mol. The van der Waals surface area contributed by atoms with E-state index in [2.05, 4.69) is 10.9 Å². The summed E-state index contributed by atoms with van der Waals surface area (Å²) in [5.41, 5.74) is 5.10. The minimum absolute atomic E-state index is 0.0132. The number of benzene rings is 1. The van der Waals surface area contributed by atoms with Crippen molar-refractivity contribution >= 4 is 17.7 Å². The molecule has 0 radical (unpaired) electrons. The zero-order valence-electron chi connectivity index (χ0n) is 11.1. The smallest absolute Gasteiger partial charge is 0.269 e. The fourth-order valence-corrected chi connectivity index (χ4v) is 2.03. The molecule has 0 atom stereocenters. The molecule has 1 heterocycles. The first-order chi connectivity index (χ1) is 9.66. The lowest BCUT2D eigenvalue weighted by molar-refractivity contribution is -0.138. The van der Waals surface area contributed by atoms with E-state index in [0.29, 0.717) is 18.5 Å². The highest BCUT2D eigenvalue weighted by Crippen LogP contribution is 2.09. The Kier molecular flexibility index (Phi) is 4.70. The van der Waals surface area contributed by atoms with E-state index in [9.17, 15) is 14.4 Å². The van der Waals surface area contributed by atoms with Gasteiger partial charge in [-0.15, -0.1) is 0 Å². The van der Waals surface area contributed by atoms with E-state index in [0.717, 1.165) is 12.8 Å². The van der Waals surface area contributed by atoms with Gasteiger partial charge in [0.15, 0.2) is 0 Å². The molecule has 0 saturated carbocycles. The molecule has 0 spiro atoms. The Balaban J connectivity index is 1.77. The number of nitrogens with one attached hydrogen (secondary N) is 2. The van der Waals surface area contributed by atoms with E-state index in [1.807, 2.05) is 0 Å². The van der Waals surface area contributed by atoms with Crippen LogP contribution in [-0.2, 0) is 9.59 Å². The van der Waals surface area contributed by atoms with Gasteiger partial charge in [0.2, 0.25) is 5.91 Å². The number of carbonyl (C=O) groups excluding carboxylic acids is 3. The normalized spacial score (nSPS) is 14.8. The van der Waals surface area contributed by atoms with Crippen molar-refractivity contribution in [3.05, 3.63) is 35.9 Å². The molecule has 3 amide bonds. The Labute approximate surface area is 117 Å². The van der Waals surface area contributed by atoms with E-state index in [-0.39, 0.29) is 18.4 Å². The largest absolute Gasteiger partial charge is 0.333 e. The number of carbonyl (C=O) groups is 3. The summed E-state index contributed by atoms with van der Waals surface area (Å²) >= 11 is 0. The molecule has 6 heteroatoms. The summed E-state index contributed by atoms with van der Waals surface area (Å²) in [5, 5.41) is 0. The molecule has 106 valence electrons. The molecular weight excluding hydrogens is 258 g/mol. The third-order valence-electron chi connectivity index (χ3n) is 3.11. The maximum atomic E-state index is 11.7. The van der Waals surface area contributed by atoms with Gasteiger partial charge in [0.25, 0.3) is 11.8 Å². The average molecular weight is 275 g/mol. The molecule has 1 aliphatic heterocycles. The SMILES string of the molecule is O=C(CN1CCCCC1=O)NNC(=O)c1ccccc1. The van der Waals surface area contributed by atoms with E-state index >= 15 is 0 Å². The van der Waals surface area contributed by atoms with Gasteiger partial charge in [-0.05, 0) is 25.0 Å². The van der Waals surface area contributed by atoms with Crippen LogP contribution in [-0.4, -0.2) is 35.7 Å². The molecule has 1 aromatic carbocycles. The quantitative estimate of drug-likeness (QED) is 0.787. The molecule has 1 aromatic rings. The van der Waals surface area contributed by atoms with Crippen LogP contribution in [0.3, 0.4) is 0 Å². The first kappa shape index (κ1) is 14.0. The van der Waals surface area contributed by atoms with E-state index in [4.69, 9.17) is 0 Å². The Morgan fingerprint density at radius 1 is 1.10 bits per heavy atom. The Bertz CT molecular complexity index is 502. The summed E-state index contributed by atoms with van der Waals surface area (Å²) in [7, 11) is 0. The van der Waals surface area contributed by atoms with Crippen LogP contribution in [0.5, 0.6) is 0 Å². The minimum atomic E-state index is -0.399. The lowest BCUT2D eigenvalue weighted by atomic mass is 10.1. The van der Waals surface area contributed by atoms with Crippen molar-refractivity contribution in [1.82, 2.24) is 15.8 Å². The lowest BCUT2D eigenvalue weighted by Crippen LogP contribution is -2.48. The minimum Gasteiger partial charge on any atom is -0.333 e. The Morgan fingerprint density at radius 3 is 2.55 bits per heavy atom. The van der Waals surface area contributed by atoms with E-state index < -0.39 is 5.91 Å². The topological polar surface area (TPSA) is 78.5 Å². The number of likely N-dealkylation sites (tertiary alicyclic amines) is 1. The Hall–Kier alpha value is -2.37. The van der Waals surface area contributed by atoms with Gasteiger partial charge >= 0.3 is 0 Å². The molecule has 0 aliphatic carbocycles. The van der Waals surface area contributed by atoms with Crippen molar-refractivity contribution in [2.45, 2.75) is 19.3 Å². The standard InChI is InChI=1S/C14H17N3O3/c18-12(10-17-9-5-4-8-13(17)19)15-16-14(20)11-6-2-1-3-7-11/h1-3,6-7H,4-5,8-10H2,(H,15,18)(H,16,20). The fraction of sp³-hybridized carbons (Fsp3) is 0.357. The third-order valence-corrected chi connectivity index (χ3v) is 3.11. The number of piperidine rings is 1. The van der Waals surface area contributed by atoms with Crippen LogP contribution in [0.25, 0.3) is 0 Å². The zero-order chi connectivity index (χ0) is 14.4. The second-order valence-electron chi connectivity index (χ2n) is 4.64. The van der Waals surface area contributed by atoms with E-state index in [1.165, 1.54) is 4.90 Å². The summed E-state index contributed by atoms with van der Waals surface area (Å²) < 4.78 is 0. The highest BCUT2D eigenvalue weighted by atomic mass is 16.2. The number of amides is 3. The number of nitrogens with zero attached hydrogens (tertiary/aromatic N) is 1. The second-order valence-corrected chi connectivity index (χ2v) is 4.64. The van der Waals surface area contributed by atoms with E-state index in [1.54, 1.807) is 30.3 Å². The van der Waals surface area contributed by atoms with Gasteiger partial charge in [-0.3, -0.25) is 25.2 Å². The van der Waals surface area contributed by atoms with Crippen LogP contribution in [0, 0.1) is 0 Å². The molecule has 2 rings (SSSR count). The molecule has 6 nitrogen and oxygen atoms in total. The summed E-state index contributed by atoms with van der Waals surface area (Å²) in [6.07, 6.45) is 2.28. The zero-order valence-corrected chi connectivity index (χ0v) is 11.1. The van der Waals surface area contributed by atoms with Crippen LogP contribution in [0.1, 0.15) is 29.6 Å². The molecule has 0 unspecified atom stereocenters. The highest BCUT2D eigenvalue weighted by Gasteiger charge is 2.20. The summed E-state index contributed by atoms with van der Waals surface area (Å²) in [6.45, 7) is 0.576. The maximum Gasteiger partial charge on any atom is 0.269 e. The van der Waals surface area contributed by atoms with Gasteiger partial charge in [-0.1, -0.05) is 18.2 Å². The van der Waals surface area contributed by atoms with Crippen LogP contribution < -0.4 is 10.9 Å². The summed E-state index contributed by atoms with van der Waals surface area (Å²) in [5.74, 6) is -0.797. The van der Waals surface area contributed by atoms with Crippen molar-refractivity contribution in [1.29, 1.82) is 0 Å². The average Bonchev–Trinajstić information content (AvgIpc) is 2.48. The van der Waals surface area contributed by atoms with Gasteiger partial charge in [0, 0.05) is 18.5 Å². The van der Waals surface area contributed by atoms with Gasteiger partial charge in [0.1, 0.15) is 6.54 Å². The maximum absolute atomic E-state index is 11.7. The van der Waals surface area contributed by atoms with Crippen molar-refractivity contribution in [2.75, 3.05) is 13.1 Å². The molecule has 1 fully saturated rings. The molecule has 2 N–H and O–H groups in total. The van der Waals surface area contributed by atoms with Crippen molar-refractivity contribution in [2.24, 2.45) is 0 Å². The van der Waals surface area contributed by atoms with Crippen molar-refractivity contribution < 1.29 is 14.4 Å². The van der Waals surface area contributed by atoms with Crippen LogP contribution in [0.4, 0.5) is 0 Å². The first-order valence-corrected chi connectivity index (χ1v) is 6.59. The van der Waals surface area contributed by atoms with Crippen molar-refractivity contribution in [3.63, 3.8) is 0 Å². The van der Waals surface area contributed by atoms with Gasteiger partial charge in [-0.25, -0.2) is 0 Å². The first-order valence-electron chi connectivity index (χ1n) is 6.59. The predicted octanol–water partition coefficient (Wildman–Crippen LogP) is 0.460. The lowest BCUT2D eigenvalue weighted by Gasteiger charge is -2.25. The number of hydrogen-bond donors (Lipinski definition) is 2. The fourth-order valence-electron chi connectivity index (χ4n) is 2.03. The van der Waals surface area contributed by atoms with Crippen LogP contribution >= 0.6 is 0 Å². The van der Waals surface area contributed by atoms with Gasteiger partial charge in [0.05, 0.1) is 0 Å². The molecule has 1 aliphatic rings. The summed E-state index contributed by atoms with van der Waals surface area (Å²) in [4.78, 5) is 36.4. The third kappa shape index (κ3) is 3.81. The molecule has 0 bridgehead atoms. The second kappa shape index (κ2) is 6.70. The van der Waals surface area contributed by atoms with Crippen LogP contribution in [0.15, 0.2) is 30.3 Å². The highest BCUT2D eigenvalue weighted by molar-refractivity contribution is 5.95. The number of hydrazine groups is 1. The molecule has 20 heavy (non-hydrogen) atoms.